The molecule has 20 heavy (non-hydrogen) atoms. The summed E-state index contributed by atoms with van der Waals surface area (Å²) in [6.07, 6.45) is 0. The first-order chi connectivity index (χ1) is 9.56. The zero-order valence-electron chi connectivity index (χ0n) is 11.6. The average molecular weight is 264 g/mol. The maximum Gasteiger partial charge on any atom is 0.220 e. The minimum atomic E-state index is -0.876. The van der Waals surface area contributed by atoms with E-state index in [1.807, 2.05) is 48.5 Å². The molecule has 0 N–H and O–H groups in total. The van der Waals surface area contributed by atoms with Gasteiger partial charge in [0.2, 0.25) is 11.4 Å². The van der Waals surface area contributed by atoms with Crippen molar-refractivity contribution in [1.29, 1.82) is 5.26 Å². The summed E-state index contributed by atoms with van der Waals surface area (Å²) >= 11 is 0. The van der Waals surface area contributed by atoms with Crippen LogP contribution in [0.2, 0.25) is 0 Å². The molecule has 0 atom stereocenters. The molecule has 0 aromatic heterocycles. The molecule has 0 spiro atoms. The van der Waals surface area contributed by atoms with Crippen LogP contribution in [0, 0.1) is 22.0 Å². The molecule has 100 valence electrons. The van der Waals surface area contributed by atoms with E-state index in [0.29, 0.717) is 11.4 Å². The first-order valence-electron chi connectivity index (χ1n) is 6.42. The molecule has 0 saturated carbocycles. The van der Waals surface area contributed by atoms with Gasteiger partial charge in [-0.15, -0.1) is 0 Å². The van der Waals surface area contributed by atoms with Crippen molar-refractivity contribution in [2.45, 2.75) is 13.8 Å². The Morgan fingerprint density at radius 1 is 1.00 bits per heavy atom. The largest absolute Gasteiger partial charge is 0.618 e. The van der Waals surface area contributed by atoms with Crippen molar-refractivity contribution in [2.24, 2.45) is 5.41 Å². The normalized spacial score (nSPS) is 12.4. The fourth-order valence-corrected chi connectivity index (χ4v) is 2.07. The highest BCUT2D eigenvalue weighted by atomic mass is 16.5. The average Bonchev–Trinajstić information content (AvgIpc) is 2.49. The van der Waals surface area contributed by atoms with E-state index < -0.39 is 5.41 Å². The maximum atomic E-state index is 12.7. The summed E-state index contributed by atoms with van der Waals surface area (Å²) in [5.41, 5.74) is 0.859. The molecule has 0 radical (unpaired) electrons. The van der Waals surface area contributed by atoms with Crippen LogP contribution in [0.15, 0.2) is 60.7 Å². The third-order valence-corrected chi connectivity index (χ3v) is 3.11. The monoisotopic (exact) mass is 264 g/mol. The van der Waals surface area contributed by atoms with Crippen molar-refractivity contribution in [1.82, 2.24) is 0 Å². The molecule has 3 heteroatoms. The van der Waals surface area contributed by atoms with Crippen LogP contribution in [0.1, 0.15) is 19.4 Å². The highest BCUT2D eigenvalue weighted by Crippen LogP contribution is 2.25. The van der Waals surface area contributed by atoms with Crippen LogP contribution in [0.3, 0.4) is 0 Å². The molecular weight excluding hydrogens is 248 g/mol. The van der Waals surface area contributed by atoms with Crippen molar-refractivity contribution >= 4 is 11.4 Å². The van der Waals surface area contributed by atoms with E-state index >= 15 is 0 Å². The van der Waals surface area contributed by atoms with Gasteiger partial charge in [0.25, 0.3) is 0 Å². The van der Waals surface area contributed by atoms with Gasteiger partial charge in [0.15, 0.2) is 0 Å². The Hall–Kier alpha value is -2.60. The standard InChI is InChI=1S/C17H16N2O/c1-17(2,13-18)16(14-9-5-3-6-10-14)19(20)15-11-7-4-8-12-15/h3-12H,1-2H3/b19-16+. The van der Waals surface area contributed by atoms with Crippen LogP contribution < -0.4 is 0 Å². The van der Waals surface area contributed by atoms with E-state index in [4.69, 9.17) is 0 Å². The summed E-state index contributed by atoms with van der Waals surface area (Å²) < 4.78 is 0.846. The van der Waals surface area contributed by atoms with Gasteiger partial charge in [-0.05, 0) is 26.0 Å². The number of rotatable bonds is 3. The van der Waals surface area contributed by atoms with Gasteiger partial charge >= 0.3 is 0 Å². The zero-order valence-corrected chi connectivity index (χ0v) is 11.6. The lowest BCUT2D eigenvalue weighted by Gasteiger charge is -2.19. The molecule has 0 fully saturated rings. The second-order valence-corrected chi connectivity index (χ2v) is 5.08. The lowest BCUT2D eigenvalue weighted by molar-refractivity contribution is -0.364. The topological polar surface area (TPSA) is 49.9 Å². The third kappa shape index (κ3) is 2.70. The lowest BCUT2D eigenvalue weighted by atomic mass is 9.84. The molecule has 0 saturated heterocycles. The fraction of sp³-hybridized carbons (Fsp3) is 0.176. The molecule has 0 aliphatic heterocycles. The molecular formula is C17H16N2O. The molecule has 3 nitrogen and oxygen atoms in total. The third-order valence-electron chi connectivity index (χ3n) is 3.11. The number of hydrogen-bond acceptors (Lipinski definition) is 2. The maximum absolute atomic E-state index is 12.7. The SMILES string of the molecule is CC(C)(C#N)/C(c1ccccc1)=[N+](/[O-])c1ccccc1. The van der Waals surface area contributed by atoms with E-state index in [9.17, 15) is 10.5 Å². The second-order valence-electron chi connectivity index (χ2n) is 5.08. The zero-order chi connectivity index (χ0) is 14.6. The Morgan fingerprint density at radius 3 is 2.00 bits per heavy atom. The summed E-state index contributed by atoms with van der Waals surface area (Å²) in [6.45, 7) is 3.51. The van der Waals surface area contributed by atoms with Crippen molar-refractivity contribution in [3.05, 3.63) is 71.4 Å². The smallest absolute Gasteiger partial charge is 0.220 e. The Balaban J connectivity index is 2.68. The van der Waals surface area contributed by atoms with E-state index in [-0.39, 0.29) is 0 Å². The van der Waals surface area contributed by atoms with Crippen molar-refractivity contribution in [3.8, 4) is 6.07 Å². The Morgan fingerprint density at radius 2 is 1.50 bits per heavy atom. The van der Waals surface area contributed by atoms with Crippen LogP contribution in [0.25, 0.3) is 0 Å². The number of hydrogen-bond donors (Lipinski definition) is 0. The van der Waals surface area contributed by atoms with Gasteiger partial charge < -0.3 is 5.21 Å². The number of para-hydroxylation sites is 1. The number of nitriles is 1. The quantitative estimate of drug-likeness (QED) is 0.366. The Kier molecular flexibility index (Phi) is 3.86. The van der Waals surface area contributed by atoms with Gasteiger partial charge in [0, 0.05) is 17.7 Å². The second kappa shape index (κ2) is 5.58. The van der Waals surface area contributed by atoms with Gasteiger partial charge in [-0.2, -0.15) is 10.0 Å². The Labute approximate surface area is 119 Å². The first kappa shape index (κ1) is 13.8. The predicted molar refractivity (Wildman–Crippen MR) is 79.7 cm³/mol. The van der Waals surface area contributed by atoms with E-state index in [0.717, 1.165) is 10.3 Å². The number of benzene rings is 2. The molecule has 2 rings (SSSR count). The first-order valence-corrected chi connectivity index (χ1v) is 6.42. The summed E-state index contributed by atoms with van der Waals surface area (Å²) in [4.78, 5) is 0. The van der Waals surface area contributed by atoms with Crippen LogP contribution in [0.4, 0.5) is 5.69 Å². The van der Waals surface area contributed by atoms with Crippen LogP contribution in [0.5, 0.6) is 0 Å². The van der Waals surface area contributed by atoms with Crippen molar-refractivity contribution < 1.29 is 4.74 Å². The van der Waals surface area contributed by atoms with Crippen molar-refractivity contribution in [2.75, 3.05) is 0 Å². The van der Waals surface area contributed by atoms with Gasteiger partial charge in [0.05, 0.1) is 6.07 Å². The molecule has 2 aromatic rings. The molecule has 0 aliphatic carbocycles. The molecule has 2 aromatic carbocycles. The van der Waals surface area contributed by atoms with E-state index in [2.05, 4.69) is 6.07 Å². The van der Waals surface area contributed by atoms with Crippen LogP contribution in [-0.4, -0.2) is 10.5 Å². The van der Waals surface area contributed by atoms with Gasteiger partial charge in [-0.3, -0.25) is 0 Å². The predicted octanol–water partition coefficient (Wildman–Crippen LogP) is 3.87. The molecule has 0 bridgehead atoms. The minimum Gasteiger partial charge on any atom is -0.618 e. The van der Waals surface area contributed by atoms with E-state index in [1.54, 1.807) is 26.0 Å². The van der Waals surface area contributed by atoms with Crippen LogP contribution >= 0.6 is 0 Å². The summed E-state index contributed by atoms with van der Waals surface area (Å²) in [5, 5.41) is 22.1. The number of nitrogens with zero attached hydrogens (tertiary/aromatic N) is 2. The van der Waals surface area contributed by atoms with Gasteiger partial charge in [-0.25, -0.2) is 0 Å². The molecule has 0 heterocycles. The molecule has 0 amide bonds. The fourth-order valence-electron chi connectivity index (χ4n) is 2.07. The summed E-state index contributed by atoms with van der Waals surface area (Å²) in [5.74, 6) is 0. The van der Waals surface area contributed by atoms with Crippen molar-refractivity contribution in [3.63, 3.8) is 0 Å². The van der Waals surface area contributed by atoms with Crippen LogP contribution in [-0.2, 0) is 0 Å². The van der Waals surface area contributed by atoms with E-state index in [1.165, 1.54) is 0 Å². The van der Waals surface area contributed by atoms with Gasteiger partial charge in [-0.1, -0.05) is 36.4 Å². The highest BCUT2D eigenvalue weighted by molar-refractivity contribution is 6.03. The summed E-state index contributed by atoms with van der Waals surface area (Å²) in [7, 11) is 0. The van der Waals surface area contributed by atoms with Gasteiger partial charge in [0.1, 0.15) is 5.41 Å². The lowest BCUT2D eigenvalue weighted by Crippen LogP contribution is -2.29. The minimum absolute atomic E-state index is 0.451. The Bertz CT molecular complexity index is 652. The molecule has 0 unspecified atom stereocenters. The highest BCUT2D eigenvalue weighted by Gasteiger charge is 2.34. The summed E-state index contributed by atoms with van der Waals surface area (Å²) in [6, 6.07) is 20.5. The molecule has 0 aliphatic rings.